The van der Waals surface area contributed by atoms with E-state index in [0.717, 1.165) is 0 Å². The van der Waals surface area contributed by atoms with Gasteiger partial charge in [0.2, 0.25) is 0 Å². The molecule has 0 fully saturated rings. The third kappa shape index (κ3) is 4.83. The largest absolute Gasteiger partial charge is 0.461 e. The lowest BCUT2D eigenvalue weighted by Crippen LogP contribution is -2.05. The van der Waals surface area contributed by atoms with Gasteiger partial charge in [-0.2, -0.15) is 0 Å². The summed E-state index contributed by atoms with van der Waals surface area (Å²) in [4.78, 5) is 10.4. The van der Waals surface area contributed by atoms with Crippen LogP contribution in [0, 0.1) is 0 Å². The van der Waals surface area contributed by atoms with Crippen molar-refractivity contribution in [3.63, 3.8) is 0 Å². The van der Waals surface area contributed by atoms with Gasteiger partial charge in [0, 0.05) is 0 Å². The second-order valence-electron chi connectivity index (χ2n) is 1.49. The van der Waals surface area contributed by atoms with E-state index < -0.39 is 5.97 Å². The molecule has 0 aliphatic carbocycles. The van der Waals surface area contributed by atoms with Crippen molar-refractivity contribution in [2.75, 3.05) is 6.61 Å². The van der Waals surface area contributed by atoms with Gasteiger partial charge in [-0.1, -0.05) is 11.2 Å². The van der Waals surface area contributed by atoms with E-state index in [1.54, 1.807) is 6.08 Å². The molecule has 0 saturated heterocycles. The molecule has 0 unspecified atom stereocenters. The molecule has 0 aromatic carbocycles. The van der Waals surface area contributed by atoms with Crippen molar-refractivity contribution in [3.8, 4) is 0 Å². The van der Waals surface area contributed by atoms with Crippen LogP contribution >= 0.6 is 0 Å². The highest BCUT2D eigenvalue weighted by atomic mass is 16.5. The summed E-state index contributed by atoms with van der Waals surface area (Å²) in [5.74, 6) is -0.649. The fourth-order valence-corrected chi connectivity index (χ4v) is 0.327. The predicted octanol–water partition coefficient (Wildman–Crippen LogP) is 0.566. The standard InChI is InChI=1S/C6H9NO3/c1-2-3-4-10-6(8)5-7-9/h2,5,9H,1,3-4H2. The molecule has 0 aromatic heterocycles. The van der Waals surface area contributed by atoms with E-state index in [9.17, 15) is 4.79 Å². The molecule has 0 aromatic rings. The van der Waals surface area contributed by atoms with Crippen molar-refractivity contribution in [1.29, 1.82) is 0 Å². The summed E-state index contributed by atoms with van der Waals surface area (Å²) in [6.45, 7) is 3.70. The highest BCUT2D eigenvalue weighted by molar-refractivity contribution is 6.22. The van der Waals surface area contributed by atoms with Crippen LogP contribution in [0.3, 0.4) is 0 Å². The van der Waals surface area contributed by atoms with E-state index >= 15 is 0 Å². The highest BCUT2D eigenvalue weighted by Crippen LogP contribution is 1.82. The van der Waals surface area contributed by atoms with Gasteiger partial charge in [-0.15, -0.1) is 6.58 Å². The molecule has 1 N–H and O–H groups in total. The minimum Gasteiger partial charge on any atom is -0.461 e. The van der Waals surface area contributed by atoms with Crippen molar-refractivity contribution >= 4 is 12.2 Å². The minimum atomic E-state index is -0.649. The van der Waals surface area contributed by atoms with Crippen LogP contribution in [0.5, 0.6) is 0 Å². The van der Waals surface area contributed by atoms with E-state index in [4.69, 9.17) is 5.21 Å². The second-order valence-corrected chi connectivity index (χ2v) is 1.49. The Morgan fingerprint density at radius 1 is 1.80 bits per heavy atom. The molecule has 0 rings (SSSR count). The van der Waals surface area contributed by atoms with Crippen molar-refractivity contribution in [3.05, 3.63) is 12.7 Å². The number of carbonyl (C=O) groups is 1. The predicted molar refractivity (Wildman–Crippen MR) is 36.1 cm³/mol. The number of nitrogens with zero attached hydrogens (tertiary/aromatic N) is 1. The lowest BCUT2D eigenvalue weighted by Gasteiger charge is -1.95. The van der Waals surface area contributed by atoms with Gasteiger partial charge < -0.3 is 9.94 Å². The molecule has 0 spiro atoms. The van der Waals surface area contributed by atoms with Gasteiger partial charge in [-0.25, -0.2) is 4.79 Å². The Morgan fingerprint density at radius 3 is 3.00 bits per heavy atom. The zero-order chi connectivity index (χ0) is 7.82. The molecular weight excluding hydrogens is 134 g/mol. The lowest BCUT2D eigenvalue weighted by molar-refractivity contribution is -0.135. The smallest absolute Gasteiger partial charge is 0.352 e. The van der Waals surface area contributed by atoms with E-state index in [1.165, 1.54) is 0 Å². The maximum atomic E-state index is 10.4. The van der Waals surface area contributed by atoms with Crippen molar-refractivity contribution in [1.82, 2.24) is 0 Å². The van der Waals surface area contributed by atoms with E-state index in [-0.39, 0.29) is 6.61 Å². The second kappa shape index (κ2) is 5.81. The van der Waals surface area contributed by atoms with Crippen LogP contribution in [0.25, 0.3) is 0 Å². The van der Waals surface area contributed by atoms with Crippen LogP contribution in [-0.4, -0.2) is 24.0 Å². The minimum absolute atomic E-state index is 0.272. The Hall–Kier alpha value is -1.32. The van der Waals surface area contributed by atoms with Gasteiger partial charge in [0.05, 0.1) is 6.61 Å². The molecule has 0 atom stereocenters. The maximum Gasteiger partial charge on any atom is 0.352 e. The lowest BCUT2D eigenvalue weighted by atomic mass is 10.5. The number of rotatable bonds is 4. The van der Waals surface area contributed by atoms with Crippen LogP contribution in [0.15, 0.2) is 17.8 Å². The molecule has 0 aliphatic heterocycles. The average molecular weight is 143 g/mol. The SMILES string of the molecule is C=CCCOC(=O)C=NO. The third-order valence-electron chi connectivity index (χ3n) is 0.729. The average Bonchev–Trinajstić information content (AvgIpc) is 1.89. The summed E-state index contributed by atoms with van der Waals surface area (Å²) in [5, 5.41) is 10.3. The summed E-state index contributed by atoms with van der Waals surface area (Å²) in [6.07, 6.45) is 2.93. The molecular formula is C6H9NO3. The highest BCUT2D eigenvalue weighted by Gasteiger charge is 1.94. The Bertz CT molecular complexity index is 142. The van der Waals surface area contributed by atoms with Gasteiger partial charge >= 0.3 is 5.97 Å². The number of hydrogen-bond acceptors (Lipinski definition) is 4. The van der Waals surface area contributed by atoms with Crippen molar-refractivity contribution in [2.24, 2.45) is 5.16 Å². The molecule has 0 bridgehead atoms. The van der Waals surface area contributed by atoms with E-state index in [0.29, 0.717) is 12.6 Å². The van der Waals surface area contributed by atoms with Gasteiger partial charge in [0.1, 0.15) is 0 Å². The van der Waals surface area contributed by atoms with Gasteiger partial charge in [-0.05, 0) is 6.42 Å². The molecule has 4 heteroatoms. The van der Waals surface area contributed by atoms with Crippen molar-refractivity contribution < 1.29 is 14.7 Å². The van der Waals surface area contributed by atoms with E-state index in [1.807, 2.05) is 0 Å². The zero-order valence-corrected chi connectivity index (χ0v) is 5.49. The number of oxime groups is 1. The topological polar surface area (TPSA) is 58.9 Å². The molecule has 0 radical (unpaired) electrons. The molecule has 0 heterocycles. The normalized spacial score (nSPS) is 9.60. The molecule has 4 nitrogen and oxygen atoms in total. The van der Waals surface area contributed by atoms with Crippen LogP contribution in [0.1, 0.15) is 6.42 Å². The van der Waals surface area contributed by atoms with E-state index in [2.05, 4.69) is 16.5 Å². The molecule has 0 amide bonds. The van der Waals surface area contributed by atoms with Crippen LogP contribution in [0.4, 0.5) is 0 Å². The fourth-order valence-electron chi connectivity index (χ4n) is 0.327. The van der Waals surface area contributed by atoms with Crippen LogP contribution in [-0.2, 0) is 9.53 Å². The first-order valence-electron chi connectivity index (χ1n) is 2.76. The van der Waals surface area contributed by atoms with Gasteiger partial charge in [0.15, 0.2) is 6.21 Å². The summed E-state index contributed by atoms with van der Waals surface area (Å²) in [7, 11) is 0. The zero-order valence-electron chi connectivity index (χ0n) is 5.49. The van der Waals surface area contributed by atoms with Gasteiger partial charge in [0.25, 0.3) is 0 Å². The number of ether oxygens (including phenoxy) is 1. The third-order valence-corrected chi connectivity index (χ3v) is 0.729. The number of hydrogen-bond donors (Lipinski definition) is 1. The van der Waals surface area contributed by atoms with Gasteiger partial charge in [-0.3, -0.25) is 0 Å². The summed E-state index contributed by atoms with van der Waals surface area (Å²) in [6, 6.07) is 0. The maximum absolute atomic E-state index is 10.4. The number of esters is 1. The molecule has 10 heavy (non-hydrogen) atoms. The first-order valence-corrected chi connectivity index (χ1v) is 2.76. The fraction of sp³-hybridized carbons (Fsp3) is 0.333. The first-order chi connectivity index (χ1) is 4.81. The Kier molecular flexibility index (Phi) is 5.04. The summed E-state index contributed by atoms with van der Waals surface area (Å²) < 4.78 is 4.50. The quantitative estimate of drug-likeness (QED) is 0.156. The Labute approximate surface area is 58.8 Å². The van der Waals surface area contributed by atoms with Crippen LogP contribution in [0.2, 0.25) is 0 Å². The summed E-state index contributed by atoms with van der Waals surface area (Å²) >= 11 is 0. The molecule has 0 aliphatic rings. The Balaban J connectivity index is 3.30. The monoisotopic (exact) mass is 143 g/mol. The Morgan fingerprint density at radius 2 is 2.50 bits per heavy atom. The summed E-state index contributed by atoms with van der Waals surface area (Å²) in [5.41, 5.74) is 0. The van der Waals surface area contributed by atoms with Crippen LogP contribution < -0.4 is 0 Å². The van der Waals surface area contributed by atoms with Crippen molar-refractivity contribution in [2.45, 2.75) is 6.42 Å². The molecule has 0 saturated carbocycles. The first kappa shape index (κ1) is 8.68. The molecule has 56 valence electrons. The number of carbonyl (C=O) groups excluding carboxylic acids is 1.